The van der Waals surface area contributed by atoms with Crippen LogP contribution in [0.3, 0.4) is 0 Å². The molecule has 8 nitrogen and oxygen atoms in total. The molecular weight excluding hydrogens is 414 g/mol. The van der Waals surface area contributed by atoms with Crippen LogP contribution in [0.15, 0.2) is 30.3 Å². The zero-order valence-corrected chi connectivity index (χ0v) is 19.0. The second-order valence-corrected chi connectivity index (χ2v) is 9.93. The largest absolute Gasteiger partial charge is 0.330 e. The summed E-state index contributed by atoms with van der Waals surface area (Å²) in [4.78, 5) is 20.0. The van der Waals surface area contributed by atoms with E-state index in [2.05, 4.69) is 9.71 Å². The van der Waals surface area contributed by atoms with E-state index in [0.29, 0.717) is 12.1 Å². The molecule has 1 N–H and O–H groups in total. The molecule has 0 radical (unpaired) electrons. The van der Waals surface area contributed by atoms with Gasteiger partial charge >= 0.3 is 0 Å². The van der Waals surface area contributed by atoms with E-state index in [-0.39, 0.29) is 17.6 Å². The molecule has 1 amide bonds. The molecule has 1 aromatic carbocycles. The van der Waals surface area contributed by atoms with Crippen LogP contribution in [0.25, 0.3) is 5.65 Å². The minimum absolute atomic E-state index is 0.186. The second kappa shape index (κ2) is 7.96. The van der Waals surface area contributed by atoms with Gasteiger partial charge in [-0.2, -0.15) is 5.10 Å². The summed E-state index contributed by atoms with van der Waals surface area (Å²) in [5.41, 5.74) is 5.30. The summed E-state index contributed by atoms with van der Waals surface area (Å²) < 4.78 is 27.8. The number of sulfonamides is 1. The number of benzene rings is 1. The molecule has 31 heavy (non-hydrogen) atoms. The van der Waals surface area contributed by atoms with Crippen molar-refractivity contribution in [3.05, 3.63) is 58.5 Å². The lowest BCUT2D eigenvalue weighted by molar-refractivity contribution is 0.0607. The van der Waals surface area contributed by atoms with Gasteiger partial charge in [-0.15, -0.1) is 0 Å². The fourth-order valence-corrected chi connectivity index (χ4v) is 4.73. The smallest absolute Gasteiger partial charge is 0.256 e. The number of rotatable bonds is 4. The van der Waals surface area contributed by atoms with E-state index in [0.717, 1.165) is 53.8 Å². The maximum absolute atomic E-state index is 13.5. The third-order valence-electron chi connectivity index (χ3n) is 5.95. The fraction of sp³-hybridized carbons (Fsp3) is 0.409. The van der Waals surface area contributed by atoms with Crippen molar-refractivity contribution in [2.45, 2.75) is 46.1 Å². The maximum Gasteiger partial charge on any atom is 0.256 e. The van der Waals surface area contributed by atoms with Crippen molar-refractivity contribution in [3.8, 4) is 0 Å². The molecule has 0 aliphatic carbocycles. The zero-order chi connectivity index (χ0) is 22.3. The number of piperidine rings is 1. The molecule has 1 saturated heterocycles. The summed E-state index contributed by atoms with van der Waals surface area (Å²) in [7, 11) is -3.50. The van der Waals surface area contributed by atoms with Gasteiger partial charge < -0.3 is 4.90 Å². The summed E-state index contributed by atoms with van der Waals surface area (Å²) in [5, 5.41) is 4.79. The molecule has 0 bridgehead atoms. The van der Waals surface area contributed by atoms with Crippen LogP contribution in [-0.4, -0.2) is 46.6 Å². The molecule has 0 unspecified atom stereocenters. The summed E-state index contributed by atoms with van der Waals surface area (Å²) in [6, 6.07) is 8.48. The van der Waals surface area contributed by atoms with Gasteiger partial charge in [0.15, 0.2) is 5.65 Å². The molecule has 0 spiro atoms. The monoisotopic (exact) mass is 441 g/mol. The van der Waals surface area contributed by atoms with Gasteiger partial charge in [0.05, 0.1) is 29.2 Å². The van der Waals surface area contributed by atoms with E-state index in [1.165, 1.54) is 0 Å². The molecule has 1 aliphatic rings. The summed E-state index contributed by atoms with van der Waals surface area (Å²) in [5.74, 6) is -0.203. The first-order valence-corrected chi connectivity index (χ1v) is 12.3. The number of hydrogen-bond acceptors (Lipinski definition) is 5. The van der Waals surface area contributed by atoms with Crippen LogP contribution in [0.5, 0.6) is 0 Å². The van der Waals surface area contributed by atoms with Gasteiger partial charge in [0.1, 0.15) is 0 Å². The number of fused-ring (bicyclic) bond motifs is 1. The zero-order valence-electron chi connectivity index (χ0n) is 18.2. The highest BCUT2D eigenvalue weighted by Crippen LogP contribution is 2.33. The Bertz CT molecular complexity index is 1270. The first kappa shape index (κ1) is 21.3. The van der Waals surface area contributed by atoms with Crippen molar-refractivity contribution in [3.63, 3.8) is 0 Å². The van der Waals surface area contributed by atoms with Crippen molar-refractivity contribution in [2.75, 3.05) is 17.5 Å². The molecule has 0 saturated carbocycles. The highest BCUT2D eigenvalue weighted by molar-refractivity contribution is 7.92. The van der Waals surface area contributed by atoms with Gasteiger partial charge in [0.2, 0.25) is 10.0 Å². The van der Waals surface area contributed by atoms with Gasteiger partial charge in [0.25, 0.3) is 5.91 Å². The Morgan fingerprint density at radius 3 is 2.65 bits per heavy atom. The Morgan fingerprint density at radius 1 is 1.16 bits per heavy atom. The lowest BCUT2D eigenvalue weighted by atomic mass is 9.98. The topological polar surface area (TPSA) is 96.7 Å². The molecule has 9 heteroatoms. The number of nitrogens with zero attached hydrogens (tertiary/aromatic N) is 4. The molecule has 4 rings (SSSR count). The van der Waals surface area contributed by atoms with Gasteiger partial charge in [-0.1, -0.05) is 12.1 Å². The van der Waals surface area contributed by atoms with Crippen molar-refractivity contribution >= 4 is 27.3 Å². The van der Waals surface area contributed by atoms with Gasteiger partial charge in [-0.3, -0.25) is 9.52 Å². The molecular formula is C22H27N5O3S. The number of hydrogen-bond donors (Lipinski definition) is 1. The standard InChI is InChI=1S/C22H27N5O3S/c1-14-15(2)23-21-13-19(24-27(21)16(14)3)20-11-7-8-12-26(20)22(28)17-9-5-6-10-18(17)25-31(4,29)30/h5-6,9-10,13,20,25H,7-8,11-12H2,1-4H3/t20-/m0/s1. The van der Waals surface area contributed by atoms with Crippen molar-refractivity contribution in [1.82, 2.24) is 19.5 Å². The minimum atomic E-state index is -3.50. The van der Waals surface area contributed by atoms with Gasteiger partial charge in [-0.25, -0.2) is 17.9 Å². The van der Waals surface area contributed by atoms with Crippen LogP contribution < -0.4 is 4.72 Å². The summed E-state index contributed by atoms with van der Waals surface area (Å²) in [6.45, 7) is 6.62. The SMILES string of the molecule is Cc1nc2cc([C@@H]3CCCCN3C(=O)c3ccccc3NS(C)(=O)=O)nn2c(C)c1C. The van der Waals surface area contributed by atoms with Crippen LogP contribution >= 0.6 is 0 Å². The van der Waals surface area contributed by atoms with E-state index >= 15 is 0 Å². The molecule has 3 heterocycles. The number of amides is 1. The molecule has 1 fully saturated rings. The Labute approximate surface area is 182 Å². The molecule has 164 valence electrons. The quantitative estimate of drug-likeness (QED) is 0.669. The first-order chi connectivity index (χ1) is 14.7. The molecule has 1 aliphatic heterocycles. The number of carbonyl (C=O) groups excluding carboxylic acids is 1. The average molecular weight is 442 g/mol. The van der Waals surface area contributed by atoms with E-state index in [1.807, 2.05) is 36.3 Å². The number of aromatic nitrogens is 3. The summed E-state index contributed by atoms with van der Waals surface area (Å²) in [6.07, 6.45) is 3.77. The third-order valence-corrected chi connectivity index (χ3v) is 6.54. The van der Waals surface area contributed by atoms with Crippen molar-refractivity contribution < 1.29 is 13.2 Å². The third kappa shape index (κ3) is 4.14. The van der Waals surface area contributed by atoms with Crippen molar-refractivity contribution in [2.24, 2.45) is 0 Å². The fourth-order valence-electron chi connectivity index (χ4n) is 4.15. The second-order valence-electron chi connectivity index (χ2n) is 8.18. The highest BCUT2D eigenvalue weighted by atomic mass is 32.2. The van der Waals surface area contributed by atoms with E-state index in [4.69, 9.17) is 5.10 Å². The van der Waals surface area contributed by atoms with Crippen LogP contribution in [0, 0.1) is 20.8 Å². The molecule has 2 aromatic heterocycles. The van der Waals surface area contributed by atoms with E-state index in [9.17, 15) is 13.2 Å². The number of anilines is 1. The van der Waals surface area contributed by atoms with Crippen LogP contribution in [0.2, 0.25) is 0 Å². The molecule has 3 aromatic rings. The minimum Gasteiger partial charge on any atom is -0.330 e. The summed E-state index contributed by atoms with van der Waals surface area (Å²) >= 11 is 0. The predicted molar refractivity (Wildman–Crippen MR) is 120 cm³/mol. The highest BCUT2D eigenvalue weighted by Gasteiger charge is 2.32. The Kier molecular flexibility index (Phi) is 5.47. The van der Waals surface area contributed by atoms with Crippen molar-refractivity contribution in [1.29, 1.82) is 0 Å². The normalized spacial score (nSPS) is 17.2. The Morgan fingerprint density at radius 2 is 1.90 bits per heavy atom. The number of carbonyl (C=O) groups is 1. The molecule has 1 atom stereocenters. The van der Waals surface area contributed by atoms with Gasteiger partial charge in [-0.05, 0) is 57.7 Å². The number of para-hydroxylation sites is 1. The maximum atomic E-state index is 13.5. The Balaban J connectivity index is 1.73. The van der Waals surface area contributed by atoms with E-state index < -0.39 is 10.0 Å². The number of aryl methyl sites for hydroxylation is 2. The predicted octanol–water partition coefficient (Wildman–Crippen LogP) is 3.39. The number of nitrogens with one attached hydrogen (secondary N) is 1. The number of likely N-dealkylation sites (tertiary alicyclic amines) is 1. The lowest BCUT2D eigenvalue weighted by Gasteiger charge is -2.35. The van der Waals surface area contributed by atoms with Gasteiger partial charge in [0, 0.05) is 24.0 Å². The Hall–Kier alpha value is -2.94. The van der Waals surface area contributed by atoms with Crippen LogP contribution in [-0.2, 0) is 10.0 Å². The van der Waals surface area contributed by atoms with Crippen LogP contribution in [0.4, 0.5) is 5.69 Å². The van der Waals surface area contributed by atoms with E-state index in [1.54, 1.807) is 24.3 Å². The van der Waals surface area contributed by atoms with Crippen LogP contribution in [0.1, 0.15) is 58.3 Å². The first-order valence-electron chi connectivity index (χ1n) is 10.4. The lowest BCUT2D eigenvalue weighted by Crippen LogP contribution is -2.39. The average Bonchev–Trinajstić information content (AvgIpc) is 3.15.